The summed E-state index contributed by atoms with van der Waals surface area (Å²) >= 11 is 1.62. The van der Waals surface area contributed by atoms with Crippen LogP contribution in [0.25, 0.3) is 11.0 Å². The standard InChI is InChI=1S/C13H15N5S/c1-13(2,11-15-5-6-19-11)18-12-16-9-4-3-8(14)7-10(9)17-12/h3-7H,14H2,1-2H3,(H2,16,17,18). The molecule has 0 atom stereocenters. The van der Waals surface area contributed by atoms with Crippen LogP contribution in [-0.4, -0.2) is 15.0 Å². The first-order chi connectivity index (χ1) is 9.04. The van der Waals surface area contributed by atoms with Gasteiger partial charge in [0.05, 0.1) is 16.6 Å². The van der Waals surface area contributed by atoms with Crippen molar-refractivity contribution < 1.29 is 0 Å². The summed E-state index contributed by atoms with van der Waals surface area (Å²) in [5.41, 5.74) is 8.04. The molecular formula is C13H15N5S. The highest BCUT2D eigenvalue weighted by atomic mass is 32.1. The van der Waals surface area contributed by atoms with Gasteiger partial charge in [-0.2, -0.15) is 0 Å². The van der Waals surface area contributed by atoms with E-state index in [0.717, 1.165) is 27.7 Å². The SMILES string of the molecule is CC(C)(Nc1nc2ccc(N)cc2[nH]1)c1nccs1. The molecule has 0 aliphatic heterocycles. The molecule has 98 valence electrons. The highest BCUT2D eigenvalue weighted by Crippen LogP contribution is 2.27. The number of nitrogens with two attached hydrogens (primary N) is 1. The molecule has 0 aliphatic carbocycles. The van der Waals surface area contributed by atoms with Crippen molar-refractivity contribution in [1.82, 2.24) is 15.0 Å². The number of H-pyrrole nitrogens is 1. The van der Waals surface area contributed by atoms with Gasteiger partial charge < -0.3 is 16.0 Å². The van der Waals surface area contributed by atoms with Crippen LogP contribution < -0.4 is 11.1 Å². The molecule has 0 spiro atoms. The van der Waals surface area contributed by atoms with Crippen LogP contribution >= 0.6 is 11.3 Å². The number of hydrogen-bond acceptors (Lipinski definition) is 5. The van der Waals surface area contributed by atoms with Gasteiger partial charge in [0.2, 0.25) is 5.95 Å². The van der Waals surface area contributed by atoms with E-state index in [1.807, 2.05) is 29.8 Å². The van der Waals surface area contributed by atoms with Crippen molar-refractivity contribution in [2.24, 2.45) is 0 Å². The quantitative estimate of drug-likeness (QED) is 0.641. The van der Waals surface area contributed by atoms with Crippen LogP contribution in [-0.2, 0) is 5.54 Å². The lowest BCUT2D eigenvalue weighted by Crippen LogP contribution is -2.28. The van der Waals surface area contributed by atoms with Crippen molar-refractivity contribution in [1.29, 1.82) is 0 Å². The van der Waals surface area contributed by atoms with E-state index in [9.17, 15) is 0 Å². The molecule has 2 aromatic heterocycles. The third-order valence-corrected chi connectivity index (χ3v) is 4.00. The van der Waals surface area contributed by atoms with Gasteiger partial charge in [0, 0.05) is 17.3 Å². The predicted molar refractivity (Wildman–Crippen MR) is 79.3 cm³/mol. The van der Waals surface area contributed by atoms with Crippen LogP contribution in [0.3, 0.4) is 0 Å². The Hall–Kier alpha value is -2.08. The summed E-state index contributed by atoms with van der Waals surface area (Å²) in [4.78, 5) is 12.1. The number of rotatable bonds is 3. The number of hydrogen-bond donors (Lipinski definition) is 3. The summed E-state index contributed by atoms with van der Waals surface area (Å²) in [6.07, 6.45) is 1.81. The third kappa shape index (κ3) is 2.26. The Labute approximate surface area is 114 Å². The Morgan fingerprint density at radius 1 is 1.37 bits per heavy atom. The Kier molecular flexibility index (Phi) is 2.67. The number of thiazole rings is 1. The second-order valence-electron chi connectivity index (χ2n) is 4.95. The molecule has 0 saturated heterocycles. The fourth-order valence-corrected chi connectivity index (χ4v) is 2.69. The van der Waals surface area contributed by atoms with Gasteiger partial charge in [-0.15, -0.1) is 11.3 Å². The zero-order chi connectivity index (χ0) is 13.5. The second-order valence-corrected chi connectivity index (χ2v) is 5.84. The second kappa shape index (κ2) is 4.24. The number of anilines is 2. The molecule has 0 amide bonds. The van der Waals surface area contributed by atoms with Crippen LogP contribution in [0.2, 0.25) is 0 Å². The number of imidazole rings is 1. The van der Waals surface area contributed by atoms with Crippen LogP contribution in [0, 0.1) is 0 Å². The monoisotopic (exact) mass is 273 g/mol. The third-order valence-electron chi connectivity index (χ3n) is 2.90. The average Bonchev–Trinajstić information content (AvgIpc) is 2.95. The van der Waals surface area contributed by atoms with E-state index in [4.69, 9.17) is 5.73 Å². The van der Waals surface area contributed by atoms with Crippen molar-refractivity contribution >= 4 is 34.0 Å². The Morgan fingerprint density at radius 3 is 2.95 bits per heavy atom. The van der Waals surface area contributed by atoms with Crippen molar-refractivity contribution in [3.05, 3.63) is 34.8 Å². The van der Waals surface area contributed by atoms with E-state index < -0.39 is 0 Å². The molecule has 0 aliphatic rings. The molecule has 19 heavy (non-hydrogen) atoms. The highest BCUT2D eigenvalue weighted by molar-refractivity contribution is 7.09. The number of benzene rings is 1. The fourth-order valence-electron chi connectivity index (χ4n) is 1.97. The van der Waals surface area contributed by atoms with Gasteiger partial charge in [-0.1, -0.05) is 0 Å². The maximum atomic E-state index is 5.76. The zero-order valence-corrected chi connectivity index (χ0v) is 11.6. The number of aromatic amines is 1. The van der Waals surface area contributed by atoms with Crippen LogP contribution in [0.1, 0.15) is 18.9 Å². The molecule has 2 heterocycles. The summed E-state index contributed by atoms with van der Waals surface area (Å²) in [5.74, 6) is 0.723. The molecule has 4 N–H and O–H groups in total. The van der Waals surface area contributed by atoms with E-state index in [2.05, 4.69) is 34.1 Å². The molecule has 0 bridgehead atoms. The van der Waals surface area contributed by atoms with Gasteiger partial charge in [-0.05, 0) is 32.0 Å². The maximum absolute atomic E-state index is 5.76. The average molecular weight is 273 g/mol. The minimum Gasteiger partial charge on any atom is -0.399 e. The van der Waals surface area contributed by atoms with Gasteiger partial charge in [-0.3, -0.25) is 0 Å². The number of aromatic nitrogens is 3. The van der Waals surface area contributed by atoms with E-state index in [0.29, 0.717) is 0 Å². The first kappa shape index (κ1) is 12.0. The first-order valence-electron chi connectivity index (χ1n) is 5.98. The van der Waals surface area contributed by atoms with Crippen molar-refractivity contribution in [3.63, 3.8) is 0 Å². The molecule has 0 unspecified atom stereocenters. The Bertz CT molecular complexity index is 699. The fraction of sp³-hybridized carbons (Fsp3) is 0.231. The van der Waals surface area contributed by atoms with Crippen molar-refractivity contribution in [2.45, 2.75) is 19.4 Å². The molecule has 5 nitrogen and oxygen atoms in total. The molecule has 0 saturated carbocycles. The van der Waals surface area contributed by atoms with Gasteiger partial charge >= 0.3 is 0 Å². The van der Waals surface area contributed by atoms with E-state index in [-0.39, 0.29) is 5.54 Å². The highest BCUT2D eigenvalue weighted by Gasteiger charge is 2.24. The number of nitrogen functional groups attached to an aromatic ring is 1. The summed E-state index contributed by atoms with van der Waals surface area (Å²) in [7, 11) is 0. The molecule has 3 aromatic rings. The largest absolute Gasteiger partial charge is 0.399 e. The zero-order valence-electron chi connectivity index (χ0n) is 10.8. The minimum absolute atomic E-state index is 0.270. The van der Waals surface area contributed by atoms with Gasteiger partial charge in [-0.25, -0.2) is 9.97 Å². The lowest BCUT2D eigenvalue weighted by atomic mass is 10.1. The number of fused-ring (bicyclic) bond motifs is 1. The number of nitrogens with zero attached hydrogens (tertiary/aromatic N) is 2. The molecule has 6 heteroatoms. The van der Waals surface area contributed by atoms with Gasteiger partial charge in [0.1, 0.15) is 5.01 Å². The summed E-state index contributed by atoms with van der Waals surface area (Å²) < 4.78 is 0. The maximum Gasteiger partial charge on any atom is 0.201 e. The summed E-state index contributed by atoms with van der Waals surface area (Å²) in [6, 6.07) is 5.63. The van der Waals surface area contributed by atoms with Crippen LogP contribution in [0.15, 0.2) is 29.8 Å². The number of nitrogens with one attached hydrogen (secondary N) is 2. The summed E-state index contributed by atoms with van der Waals surface area (Å²) in [5, 5.41) is 6.36. The Balaban J connectivity index is 1.93. The van der Waals surface area contributed by atoms with Crippen molar-refractivity contribution in [3.8, 4) is 0 Å². The Morgan fingerprint density at radius 2 is 2.21 bits per heavy atom. The molecule has 1 aromatic carbocycles. The lowest BCUT2D eigenvalue weighted by Gasteiger charge is -2.23. The topological polar surface area (TPSA) is 79.6 Å². The minimum atomic E-state index is -0.270. The molecular weight excluding hydrogens is 258 g/mol. The van der Waals surface area contributed by atoms with Gasteiger partial charge in [0.25, 0.3) is 0 Å². The molecule has 0 radical (unpaired) electrons. The predicted octanol–water partition coefficient (Wildman–Crippen LogP) is 2.95. The smallest absolute Gasteiger partial charge is 0.201 e. The normalized spacial score (nSPS) is 11.9. The first-order valence-corrected chi connectivity index (χ1v) is 6.86. The van der Waals surface area contributed by atoms with Gasteiger partial charge in [0.15, 0.2) is 0 Å². The van der Waals surface area contributed by atoms with Crippen LogP contribution in [0.5, 0.6) is 0 Å². The van der Waals surface area contributed by atoms with E-state index in [1.165, 1.54) is 0 Å². The molecule has 0 fully saturated rings. The van der Waals surface area contributed by atoms with E-state index in [1.54, 1.807) is 11.3 Å². The van der Waals surface area contributed by atoms with E-state index >= 15 is 0 Å². The van der Waals surface area contributed by atoms with Crippen LogP contribution in [0.4, 0.5) is 11.6 Å². The molecule has 3 rings (SSSR count). The summed E-state index contributed by atoms with van der Waals surface area (Å²) in [6.45, 7) is 4.15. The lowest BCUT2D eigenvalue weighted by molar-refractivity contribution is 0.598. The van der Waals surface area contributed by atoms with Crippen molar-refractivity contribution in [2.75, 3.05) is 11.1 Å².